The summed E-state index contributed by atoms with van der Waals surface area (Å²) in [6.45, 7) is 9.98. The lowest BCUT2D eigenvalue weighted by molar-refractivity contribution is 0.000318. The molecule has 2 rings (SSSR count). The van der Waals surface area contributed by atoms with Crippen LogP contribution >= 0.6 is 0 Å². The minimum absolute atomic E-state index is 0.125. The van der Waals surface area contributed by atoms with Gasteiger partial charge in [-0.15, -0.1) is 0 Å². The van der Waals surface area contributed by atoms with Gasteiger partial charge in [0.05, 0.1) is 17.5 Å². The van der Waals surface area contributed by atoms with Crippen LogP contribution in [0.3, 0.4) is 0 Å². The second kappa shape index (κ2) is 7.33. The second-order valence-electron chi connectivity index (χ2n) is 7.71. The molecule has 1 amide bonds. The molecule has 2 atom stereocenters. The molecule has 0 radical (unpaired) electrons. The van der Waals surface area contributed by atoms with Gasteiger partial charge in [-0.2, -0.15) is 8.42 Å². The summed E-state index contributed by atoms with van der Waals surface area (Å²) in [6, 6.07) is 6.52. The molecule has 1 aromatic carbocycles. The van der Waals surface area contributed by atoms with E-state index in [1.54, 1.807) is 32.9 Å². The first kappa shape index (κ1) is 19.7. The Balaban J connectivity index is 2.08. The summed E-state index contributed by atoms with van der Waals surface area (Å²) in [5.74, 6) is 0.125. The summed E-state index contributed by atoms with van der Waals surface area (Å²) in [6.07, 6.45) is -0.451. The zero-order valence-corrected chi connectivity index (χ0v) is 16.3. The van der Waals surface area contributed by atoms with Crippen molar-refractivity contribution in [1.29, 1.82) is 0 Å². The van der Waals surface area contributed by atoms with E-state index < -0.39 is 27.9 Å². The number of hydrogen-bond donors (Lipinski definition) is 0. The van der Waals surface area contributed by atoms with Crippen molar-refractivity contribution in [2.24, 2.45) is 5.92 Å². The molecular formula is C18H27NO5S. The minimum Gasteiger partial charge on any atom is -0.444 e. The number of rotatable bonds is 3. The predicted octanol–water partition coefficient (Wildman–Crippen LogP) is 3.35. The molecule has 0 saturated carbocycles. The van der Waals surface area contributed by atoms with E-state index >= 15 is 0 Å². The highest BCUT2D eigenvalue weighted by Gasteiger charge is 2.34. The zero-order chi connectivity index (χ0) is 18.8. The lowest BCUT2D eigenvalue weighted by Crippen LogP contribution is -2.48. The third-order valence-corrected chi connectivity index (χ3v) is 5.22. The highest BCUT2D eigenvalue weighted by atomic mass is 32.2. The van der Waals surface area contributed by atoms with Crippen molar-refractivity contribution >= 4 is 16.2 Å². The fourth-order valence-corrected chi connectivity index (χ4v) is 3.86. The third-order valence-electron chi connectivity index (χ3n) is 3.85. The van der Waals surface area contributed by atoms with Crippen LogP contribution < -0.4 is 0 Å². The van der Waals surface area contributed by atoms with E-state index in [0.29, 0.717) is 13.0 Å². The number of likely N-dealkylation sites (tertiary alicyclic amines) is 1. The van der Waals surface area contributed by atoms with E-state index in [2.05, 4.69) is 0 Å². The monoisotopic (exact) mass is 369 g/mol. The molecule has 7 heteroatoms. The molecular weight excluding hydrogens is 342 g/mol. The van der Waals surface area contributed by atoms with Crippen LogP contribution in [0.4, 0.5) is 4.79 Å². The molecule has 1 aliphatic rings. The van der Waals surface area contributed by atoms with E-state index in [-0.39, 0.29) is 17.4 Å². The molecule has 1 aliphatic heterocycles. The van der Waals surface area contributed by atoms with Crippen LogP contribution in [0.5, 0.6) is 0 Å². The molecule has 1 saturated heterocycles. The van der Waals surface area contributed by atoms with Gasteiger partial charge in [0.15, 0.2) is 0 Å². The number of nitrogens with zero attached hydrogens (tertiary/aromatic N) is 1. The Morgan fingerprint density at radius 2 is 1.76 bits per heavy atom. The maximum Gasteiger partial charge on any atom is 0.410 e. The average molecular weight is 369 g/mol. The van der Waals surface area contributed by atoms with Crippen LogP contribution in [0.1, 0.15) is 39.7 Å². The van der Waals surface area contributed by atoms with Gasteiger partial charge in [0.2, 0.25) is 0 Å². The molecule has 6 nitrogen and oxygen atoms in total. The Kier molecular flexibility index (Phi) is 5.79. The molecule has 0 spiro atoms. The van der Waals surface area contributed by atoms with Crippen molar-refractivity contribution in [3.63, 3.8) is 0 Å². The van der Waals surface area contributed by atoms with Gasteiger partial charge in [-0.3, -0.25) is 4.18 Å². The zero-order valence-electron chi connectivity index (χ0n) is 15.5. The smallest absolute Gasteiger partial charge is 0.410 e. The summed E-state index contributed by atoms with van der Waals surface area (Å²) in [5, 5.41) is 0. The predicted molar refractivity (Wildman–Crippen MR) is 94.8 cm³/mol. The number of benzene rings is 1. The summed E-state index contributed by atoms with van der Waals surface area (Å²) >= 11 is 0. The number of carbonyl (C=O) groups excluding carboxylic acids is 1. The van der Waals surface area contributed by atoms with Crippen molar-refractivity contribution in [3.8, 4) is 0 Å². The molecule has 1 heterocycles. The maximum atomic E-state index is 12.5. The van der Waals surface area contributed by atoms with Crippen molar-refractivity contribution < 1.29 is 22.1 Å². The molecule has 0 bridgehead atoms. The molecule has 0 N–H and O–H groups in total. The Morgan fingerprint density at radius 1 is 1.16 bits per heavy atom. The summed E-state index contributed by atoms with van der Waals surface area (Å²) in [4.78, 5) is 13.9. The van der Waals surface area contributed by atoms with Crippen LogP contribution in [0, 0.1) is 12.8 Å². The summed E-state index contributed by atoms with van der Waals surface area (Å²) in [7, 11) is -3.86. The largest absolute Gasteiger partial charge is 0.444 e. The normalized spacial score (nSPS) is 21.9. The second-order valence-corrected chi connectivity index (χ2v) is 9.28. The van der Waals surface area contributed by atoms with Crippen LogP contribution in [-0.4, -0.2) is 44.2 Å². The fraction of sp³-hybridized carbons (Fsp3) is 0.611. The number of piperidine rings is 1. The topological polar surface area (TPSA) is 72.9 Å². The lowest BCUT2D eigenvalue weighted by Gasteiger charge is -2.36. The summed E-state index contributed by atoms with van der Waals surface area (Å²) < 4.78 is 35.7. The first-order valence-electron chi connectivity index (χ1n) is 8.44. The van der Waals surface area contributed by atoms with Gasteiger partial charge in [0, 0.05) is 6.54 Å². The molecule has 1 fully saturated rings. The van der Waals surface area contributed by atoms with E-state index in [1.807, 2.05) is 13.8 Å². The Labute approximate surface area is 150 Å². The van der Waals surface area contributed by atoms with Crippen molar-refractivity contribution in [2.45, 2.75) is 57.6 Å². The van der Waals surface area contributed by atoms with Gasteiger partial charge in [-0.1, -0.05) is 24.6 Å². The van der Waals surface area contributed by atoms with E-state index in [4.69, 9.17) is 8.92 Å². The fourth-order valence-electron chi connectivity index (χ4n) is 2.78. The van der Waals surface area contributed by atoms with Crippen LogP contribution in [0.15, 0.2) is 29.2 Å². The first-order valence-corrected chi connectivity index (χ1v) is 9.85. The van der Waals surface area contributed by atoms with Gasteiger partial charge in [-0.05, 0) is 52.2 Å². The molecule has 0 aliphatic carbocycles. The summed E-state index contributed by atoms with van der Waals surface area (Å²) in [5.41, 5.74) is 0.378. The van der Waals surface area contributed by atoms with Gasteiger partial charge in [0.1, 0.15) is 5.60 Å². The number of ether oxygens (including phenoxy) is 1. The molecule has 140 valence electrons. The Hall–Kier alpha value is -1.60. The van der Waals surface area contributed by atoms with Gasteiger partial charge < -0.3 is 9.64 Å². The lowest BCUT2D eigenvalue weighted by atomic mass is 9.98. The number of hydrogen-bond acceptors (Lipinski definition) is 5. The quantitative estimate of drug-likeness (QED) is 0.764. The van der Waals surface area contributed by atoms with Gasteiger partial charge in [-0.25, -0.2) is 4.79 Å². The van der Waals surface area contributed by atoms with Gasteiger partial charge in [0.25, 0.3) is 10.1 Å². The average Bonchev–Trinajstić information content (AvgIpc) is 2.44. The van der Waals surface area contributed by atoms with Gasteiger partial charge >= 0.3 is 6.09 Å². The number of amides is 1. The maximum absolute atomic E-state index is 12.5. The van der Waals surface area contributed by atoms with E-state index in [0.717, 1.165) is 5.56 Å². The minimum atomic E-state index is -3.86. The highest BCUT2D eigenvalue weighted by molar-refractivity contribution is 7.86. The van der Waals surface area contributed by atoms with Crippen LogP contribution in [0.2, 0.25) is 0 Å². The van der Waals surface area contributed by atoms with Crippen LogP contribution in [0.25, 0.3) is 0 Å². The number of carbonyl (C=O) groups is 1. The molecule has 25 heavy (non-hydrogen) atoms. The molecule has 1 aromatic rings. The van der Waals surface area contributed by atoms with Crippen molar-refractivity contribution in [3.05, 3.63) is 29.8 Å². The Bertz CT molecular complexity index is 706. The molecule has 2 unspecified atom stereocenters. The standard InChI is InChI=1S/C18H27NO5S/c1-13-6-8-16(9-7-13)25(21,22)24-15-10-14(2)11-19(12-15)17(20)23-18(3,4)5/h6-9,14-15H,10-12H2,1-5H3. The van der Waals surface area contributed by atoms with Crippen molar-refractivity contribution in [2.75, 3.05) is 13.1 Å². The molecule has 0 aromatic heterocycles. The Morgan fingerprint density at radius 3 is 2.32 bits per heavy atom. The first-order chi connectivity index (χ1) is 11.5. The third kappa shape index (κ3) is 5.71. The van der Waals surface area contributed by atoms with Crippen LogP contribution in [-0.2, 0) is 19.0 Å². The SMILES string of the molecule is Cc1ccc(S(=O)(=O)OC2CC(C)CN(C(=O)OC(C)(C)C)C2)cc1. The van der Waals surface area contributed by atoms with Crippen molar-refractivity contribution in [1.82, 2.24) is 4.90 Å². The van der Waals surface area contributed by atoms with E-state index in [9.17, 15) is 13.2 Å². The highest BCUT2D eigenvalue weighted by Crippen LogP contribution is 2.24. The van der Waals surface area contributed by atoms with E-state index in [1.165, 1.54) is 17.0 Å². The number of aryl methyl sites for hydroxylation is 1.